The third-order valence-electron chi connectivity index (χ3n) is 3.28. The lowest BCUT2D eigenvalue weighted by Crippen LogP contribution is -2.40. The number of amides is 1. The molecule has 5 nitrogen and oxygen atoms in total. The lowest BCUT2D eigenvalue weighted by atomic mass is 10.2. The molecular weight excluding hydrogens is 356 g/mol. The second kappa shape index (κ2) is 6.53. The predicted octanol–water partition coefficient (Wildman–Crippen LogP) is 2.92. The van der Waals surface area contributed by atoms with Crippen LogP contribution in [0.1, 0.15) is 18.4 Å². The molecule has 1 aromatic heterocycles. The number of likely N-dealkylation sites (N-methyl/N-ethyl adjacent to an activating group) is 1. The number of benzene rings is 1. The zero-order chi connectivity index (χ0) is 15.6. The molecule has 0 aliphatic rings. The average Bonchev–Trinajstić information content (AvgIpc) is 2.84. The molecule has 1 amide bonds. The van der Waals surface area contributed by atoms with Gasteiger partial charge in [-0.15, -0.1) is 11.3 Å². The molecule has 1 unspecified atom stereocenters. The highest BCUT2D eigenvalue weighted by Gasteiger charge is 2.21. The van der Waals surface area contributed by atoms with E-state index in [1.54, 1.807) is 11.3 Å². The van der Waals surface area contributed by atoms with E-state index in [2.05, 4.69) is 20.9 Å². The van der Waals surface area contributed by atoms with Gasteiger partial charge in [-0.3, -0.25) is 4.79 Å². The van der Waals surface area contributed by atoms with Crippen LogP contribution in [0.4, 0.5) is 0 Å². The molecule has 2 aromatic rings. The Hall–Kier alpha value is -1.47. The highest BCUT2D eigenvalue weighted by Crippen LogP contribution is 2.25. The molecular formula is C14H15BrN2O3S. The number of rotatable bonds is 5. The number of nitrogens with zero attached hydrogens (tertiary/aromatic N) is 2. The Kier molecular flexibility index (Phi) is 4.95. The average molecular weight is 371 g/mol. The first kappa shape index (κ1) is 15.9. The van der Waals surface area contributed by atoms with Crippen LogP contribution in [0.25, 0.3) is 10.2 Å². The van der Waals surface area contributed by atoms with Crippen molar-refractivity contribution in [1.82, 2.24) is 9.88 Å². The van der Waals surface area contributed by atoms with E-state index in [4.69, 9.17) is 5.11 Å². The van der Waals surface area contributed by atoms with Gasteiger partial charge < -0.3 is 10.0 Å². The first-order valence-electron chi connectivity index (χ1n) is 6.42. The smallest absolute Gasteiger partial charge is 0.326 e. The largest absolute Gasteiger partial charge is 0.480 e. The fourth-order valence-electron chi connectivity index (χ4n) is 1.83. The van der Waals surface area contributed by atoms with Crippen molar-refractivity contribution >= 4 is 49.4 Å². The molecule has 0 aliphatic carbocycles. The van der Waals surface area contributed by atoms with Gasteiger partial charge >= 0.3 is 5.97 Å². The molecule has 0 fully saturated rings. The fourth-order valence-corrected chi connectivity index (χ4v) is 3.12. The van der Waals surface area contributed by atoms with Gasteiger partial charge in [-0.1, -0.05) is 15.9 Å². The number of carbonyl (C=O) groups excluding carboxylic acids is 1. The van der Waals surface area contributed by atoms with Crippen molar-refractivity contribution in [2.75, 3.05) is 7.05 Å². The molecule has 0 spiro atoms. The number of carboxylic acids is 1. The standard InChI is InChI=1S/C14H15BrN2O3S/c1-8(14(19)20)17(2)13(18)6-5-12-16-10-7-9(15)3-4-11(10)21-12/h3-4,7-8H,5-6H2,1-2H3,(H,19,20). The maximum Gasteiger partial charge on any atom is 0.326 e. The zero-order valence-corrected chi connectivity index (χ0v) is 14.1. The Morgan fingerprint density at radius 1 is 1.48 bits per heavy atom. The van der Waals surface area contributed by atoms with Crippen LogP contribution in [-0.4, -0.2) is 40.0 Å². The van der Waals surface area contributed by atoms with Crippen LogP contribution < -0.4 is 0 Å². The Morgan fingerprint density at radius 3 is 2.86 bits per heavy atom. The first-order chi connectivity index (χ1) is 9.88. The topological polar surface area (TPSA) is 70.5 Å². The van der Waals surface area contributed by atoms with Gasteiger partial charge in [-0.25, -0.2) is 9.78 Å². The van der Waals surface area contributed by atoms with Gasteiger partial charge in [-0.2, -0.15) is 0 Å². The van der Waals surface area contributed by atoms with Crippen LogP contribution in [0.5, 0.6) is 0 Å². The lowest BCUT2D eigenvalue weighted by molar-refractivity contribution is -0.148. The van der Waals surface area contributed by atoms with E-state index in [-0.39, 0.29) is 12.3 Å². The maximum atomic E-state index is 12.0. The van der Waals surface area contributed by atoms with Gasteiger partial charge in [0.15, 0.2) is 0 Å². The van der Waals surface area contributed by atoms with Gasteiger partial charge in [0.1, 0.15) is 6.04 Å². The van der Waals surface area contributed by atoms with E-state index < -0.39 is 12.0 Å². The highest BCUT2D eigenvalue weighted by molar-refractivity contribution is 9.10. The van der Waals surface area contributed by atoms with Crippen LogP contribution in [0, 0.1) is 0 Å². The third-order valence-corrected chi connectivity index (χ3v) is 4.87. The van der Waals surface area contributed by atoms with Crippen molar-refractivity contribution in [2.24, 2.45) is 0 Å². The van der Waals surface area contributed by atoms with Crippen LogP contribution in [-0.2, 0) is 16.0 Å². The molecule has 0 saturated heterocycles. The number of aliphatic carboxylic acids is 1. The van der Waals surface area contributed by atoms with Crippen LogP contribution >= 0.6 is 27.3 Å². The number of hydrogen-bond donors (Lipinski definition) is 1. The minimum atomic E-state index is -1.00. The molecule has 0 radical (unpaired) electrons. The van der Waals surface area contributed by atoms with Crippen LogP contribution in [0.3, 0.4) is 0 Å². The molecule has 0 aliphatic heterocycles. The Morgan fingerprint density at radius 2 is 2.19 bits per heavy atom. The summed E-state index contributed by atoms with van der Waals surface area (Å²) in [4.78, 5) is 28.6. The number of halogens is 1. The molecule has 1 heterocycles. The molecule has 0 saturated carbocycles. The Labute approximate surface area is 134 Å². The van der Waals surface area contributed by atoms with E-state index in [1.165, 1.54) is 18.9 Å². The number of carboxylic acid groups (broad SMARTS) is 1. The van der Waals surface area contributed by atoms with Gasteiger partial charge in [-0.05, 0) is 25.1 Å². The number of carbonyl (C=O) groups is 2. The van der Waals surface area contributed by atoms with Crippen molar-refractivity contribution < 1.29 is 14.7 Å². The second-order valence-electron chi connectivity index (χ2n) is 4.74. The summed E-state index contributed by atoms with van der Waals surface area (Å²) in [6, 6.07) is 5.07. The number of hydrogen-bond acceptors (Lipinski definition) is 4. The lowest BCUT2D eigenvalue weighted by Gasteiger charge is -2.21. The number of aromatic nitrogens is 1. The van der Waals surface area contributed by atoms with Crippen molar-refractivity contribution in [2.45, 2.75) is 25.8 Å². The summed E-state index contributed by atoms with van der Waals surface area (Å²) in [5, 5.41) is 9.78. The molecule has 7 heteroatoms. The molecule has 1 N–H and O–H groups in total. The van der Waals surface area contributed by atoms with Gasteiger partial charge in [0.05, 0.1) is 15.2 Å². The molecule has 112 valence electrons. The third kappa shape index (κ3) is 3.79. The SMILES string of the molecule is CC(C(=O)O)N(C)C(=O)CCc1nc2cc(Br)ccc2s1. The molecule has 1 atom stereocenters. The molecule has 21 heavy (non-hydrogen) atoms. The van der Waals surface area contributed by atoms with E-state index in [9.17, 15) is 9.59 Å². The number of fused-ring (bicyclic) bond motifs is 1. The highest BCUT2D eigenvalue weighted by atomic mass is 79.9. The van der Waals surface area contributed by atoms with E-state index >= 15 is 0 Å². The monoisotopic (exact) mass is 370 g/mol. The van der Waals surface area contributed by atoms with Crippen LogP contribution in [0.2, 0.25) is 0 Å². The van der Waals surface area contributed by atoms with Crippen LogP contribution in [0.15, 0.2) is 22.7 Å². The van der Waals surface area contributed by atoms with Crippen molar-refractivity contribution in [3.05, 3.63) is 27.7 Å². The Balaban J connectivity index is 2.01. The minimum Gasteiger partial charge on any atom is -0.480 e. The van der Waals surface area contributed by atoms with Crippen molar-refractivity contribution in [3.8, 4) is 0 Å². The second-order valence-corrected chi connectivity index (χ2v) is 6.77. The molecule has 1 aromatic carbocycles. The summed E-state index contributed by atoms with van der Waals surface area (Å²) >= 11 is 4.96. The number of aryl methyl sites for hydroxylation is 1. The molecule has 2 rings (SSSR count). The summed E-state index contributed by atoms with van der Waals surface area (Å²) < 4.78 is 2.05. The summed E-state index contributed by atoms with van der Waals surface area (Å²) in [6.07, 6.45) is 0.779. The van der Waals surface area contributed by atoms with E-state index in [0.29, 0.717) is 6.42 Å². The summed E-state index contributed by atoms with van der Waals surface area (Å²) in [5.74, 6) is -1.19. The van der Waals surface area contributed by atoms with Gasteiger partial charge in [0.25, 0.3) is 0 Å². The Bertz CT molecular complexity index is 686. The van der Waals surface area contributed by atoms with Gasteiger partial charge in [0, 0.05) is 24.4 Å². The van der Waals surface area contributed by atoms with E-state index in [0.717, 1.165) is 19.7 Å². The minimum absolute atomic E-state index is 0.190. The molecule has 0 bridgehead atoms. The van der Waals surface area contributed by atoms with Crippen molar-refractivity contribution in [3.63, 3.8) is 0 Å². The van der Waals surface area contributed by atoms with E-state index in [1.807, 2.05) is 18.2 Å². The quantitative estimate of drug-likeness (QED) is 0.878. The van der Waals surface area contributed by atoms with Crippen molar-refractivity contribution in [1.29, 1.82) is 0 Å². The fraction of sp³-hybridized carbons (Fsp3) is 0.357. The first-order valence-corrected chi connectivity index (χ1v) is 8.03. The zero-order valence-electron chi connectivity index (χ0n) is 11.7. The summed E-state index contributed by atoms with van der Waals surface area (Å²) in [5.41, 5.74) is 0.907. The summed E-state index contributed by atoms with van der Waals surface area (Å²) in [7, 11) is 1.51. The van der Waals surface area contributed by atoms with Gasteiger partial charge in [0.2, 0.25) is 5.91 Å². The number of thiazole rings is 1. The predicted molar refractivity (Wildman–Crippen MR) is 85.5 cm³/mol. The maximum absolute atomic E-state index is 12.0. The normalized spacial score (nSPS) is 12.3. The summed E-state index contributed by atoms with van der Waals surface area (Å²) in [6.45, 7) is 1.50.